The SMILES string of the molecule is COc1c(Br)ccc(C(C)N)c1OC. The molecule has 2 N–H and O–H groups in total. The Morgan fingerprint density at radius 1 is 1.21 bits per heavy atom. The minimum Gasteiger partial charge on any atom is -0.492 e. The lowest BCUT2D eigenvalue weighted by Crippen LogP contribution is -2.07. The van der Waals surface area contributed by atoms with E-state index >= 15 is 0 Å². The van der Waals surface area contributed by atoms with Gasteiger partial charge >= 0.3 is 0 Å². The third-order valence-corrected chi connectivity index (χ3v) is 2.62. The van der Waals surface area contributed by atoms with Gasteiger partial charge in [0.25, 0.3) is 0 Å². The van der Waals surface area contributed by atoms with Crippen LogP contribution >= 0.6 is 15.9 Å². The number of hydrogen-bond donors (Lipinski definition) is 1. The quantitative estimate of drug-likeness (QED) is 0.908. The fourth-order valence-electron chi connectivity index (χ4n) is 1.31. The van der Waals surface area contributed by atoms with Crippen LogP contribution in [0, 0.1) is 0 Å². The molecule has 0 saturated carbocycles. The molecule has 0 aromatic heterocycles. The van der Waals surface area contributed by atoms with Crippen molar-refractivity contribution < 1.29 is 9.47 Å². The van der Waals surface area contributed by atoms with E-state index in [1.807, 2.05) is 19.1 Å². The van der Waals surface area contributed by atoms with Gasteiger partial charge in [0.15, 0.2) is 11.5 Å². The van der Waals surface area contributed by atoms with Crippen LogP contribution in [0.1, 0.15) is 18.5 Å². The molecule has 0 saturated heterocycles. The van der Waals surface area contributed by atoms with Crippen molar-refractivity contribution in [2.24, 2.45) is 5.73 Å². The van der Waals surface area contributed by atoms with Gasteiger partial charge < -0.3 is 15.2 Å². The average Bonchev–Trinajstić information content (AvgIpc) is 2.16. The topological polar surface area (TPSA) is 44.5 Å². The zero-order chi connectivity index (χ0) is 10.7. The smallest absolute Gasteiger partial charge is 0.175 e. The second-order valence-corrected chi connectivity index (χ2v) is 3.85. The van der Waals surface area contributed by atoms with E-state index in [4.69, 9.17) is 15.2 Å². The molecular formula is C10H14BrNO2. The summed E-state index contributed by atoms with van der Waals surface area (Å²) in [5.41, 5.74) is 6.75. The van der Waals surface area contributed by atoms with Crippen LogP contribution in [-0.2, 0) is 0 Å². The van der Waals surface area contributed by atoms with Crippen molar-refractivity contribution >= 4 is 15.9 Å². The van der Waals surface area contributed by atoms with Crippen LogP contribution in [0.3, 0.4) is 0 Å². The van der Waals surface area contributed by atoms with Crippen LogP contribution in [0.5, 0.6) is 11.5 Å². The highest BCUT2D eigenvalue weighted by Gasteiger charge is 2.15. The van der Waals surface area contributed by atoms with Gasteiger partial charge in [0, 0.05) is 11.6 Å². The van der Waals surface area contributed by atoms with Gasteiger partial charge in [0.1, 0.15) is 0 Å². The van der Waals surface area contributed by atoms with Gasteiger partial charge in [0.2, 0.25) is 0 Å². The number of nitrogens with two attached hydrogens (primary N) is 1. The van der Waals surface area contributed by atoms with Crippen molar-refractivity contribution in [1.82, 2.24) is 0 Å². The molecule has 78 valence electrons. The molecule has 4 heteroatoms. The molecule has 0 heterocycles. The van der Waals surface area contributed by atoms with Gasteiger partial charge in [-0.1, -0.05) is 6.07 Å². The minimum absolute atomic E-state index is 0.0769. The zero-order valence-corrected chi connectivity index (χ0v) is 10.1. The Morgan fingerprint density at radius 2 is 1.79 bits per heavy atom. The highest BCUT2D eigenvalue weighted by molar-refractivity contribution is 9.10. The maximum Gasteiger partial charge on any atom is 0.175 e. The number of ether oxygens (including phenoxy) is 2. The lowest BCUT2D eigenvalue weighted by atomic mass is 10.1. The molecule has 14 heavy (non-hydrogen) atoms. The fraction of sp³-hybridized carbons (Fsp3) is 0.400. The monoisotopic (exact) mass is 259 g/mol. The van der Waals surface area contributed by atoms with E-state index < -0.39 is 0 Å². The zero-order valence-electron chi connectivity index (χ0n) is 8.50. The van der Waals surface area contributed by atoms with E-state index in [0.29, 0.717) is 11.5 Å². The van der Waals surface area contributed by atoms with Crippen LogP contribution in [0.2, 0.25) is 0 Å². The molecule has 0 aliphatic carbocycles. The first-order valence-electron chi connectivity index (χ1n) is 4.27. The second kappa shape index (κ2) is 4.66. The molecule has 1 aromatic rings. The molecular weight excluding hydrogens is 246 g/mol. The first-order chi connectivity index (χ1) is 6.61. The Morgan fingerprint density at radius 3 is 2.21 bits per heavy atom. The van der Waals surface area contributed by atoms with E-state index in [9.17, 15) is 0 Å². The largest absolute Gasteiger partial charge is 0.492 e. The standard InChI is InChI=1S/C10H14BrNO2/c1-6(12)7-4-5-8(11)10(14-3)9(7)13-2/h4-6H,12H2,1-3H3. The van der Waals surface area contributed by atoms with E-state index in [-0.39, 0.29) is 6.04 Å². The molecule has 0 amide bonds. The number of rotatable bonds is 3. The maximum absolute atomic E-state index is 5.81. The summed E-state index contributed by atoms with van der Waals surface area (Å²) >= 11 is 3.39. The Balaban J connectivity index is 3.33. The summed E-state index contributed by atoms with van der Waals surface area (Å²) in [5.74, 6) is 1.37. The van der Waals surface area contributed by atoms with Gasteiger partial charge in [0.05, 0.1) is 18.7 Å². The summed E-state index contributed by atoms with van der Waals surface area (Å²) in [6.07, 6.45) is 0. The maximum atomic E-state index is 5.81. The fourth-order valence-corrected chi connectivity index (χ4v) is 1.79. The van der Waals surface area contributed by atoms with E-state index in [0.717, 1.165) is 10.0 Å². The van der Waals surface area contributed by atoms with E-state index in [1.54, 1.807) is 14.2 Å². The molecule has 0 spiro atoms. The molecule has 0 bridgehead atoms. The van der Waals surface area contributed by atoms with Gasteiger partial charge in [-0.2, -0.15) is 0 Å². The number of halogens is 1. The van der Waals surface area contributed by atoms with Crippen LogP contribution in [0.25, 0.3) is 0 Å². The molecule has 0 aliphatic heterocycles. The van der Waals surface area contributed by atoms with Crippen molar-refractivity contribution in [2.45, 2.75) is 13.0 Å². The first-order valence-corrected chi connectivity index (χ1v) is 5.07. The Bertz CT molecular complexity index is 326. The van der Waals surface area contributed by atoms with Crippen molar-refractivity contribution in [3.05, 3.63) is 22.2 Å². The van der Waals surface area contributed by atoms with Crippen molar-refractivity contribution in [3.8, 4) is 11.5 Å². The van der Waals surface area contributed by atoms with Gasteiger partial charge in [-0.3, -0.25) is 0 Å². The van der Waals surface area contributed by atoms with Crippen LogP contribution in [0.4, 0.5) is 0 Å². The molecule has 1 aromatic carbocycles. The molecule has 0 radical (unpaired) electrons. The molecule has 1 rings (SSSR count). The second-order valence-electron chi connectivity index (χ2n) is 2.99. The summed E-state index contributed by atoms with van der Waals surface area (Å²) in [6.45, 7) is 1.91. The van der Waals surface area contributed by atoms with Crippen molar-refractivity contribution in [2.75, 3.05) is 14.2 Å². The minimum atomic E-state index is -0.0769. The van der Waals surface area contributed by atoms with Crippen molar-refractivity contribution in [3.63, 3.8) is 0 Å². The number of benzene rings is 1. The number of hydrogen-bond acceptors (Lipinski definition) is 3. The predicted molar refractivity (Wildman–Crippen MR) is 59.8 cm³/mol. The summed E-state index contributed by atoms with van der Waals surface area (Å²) in [7, 11) is 3.21. The van der Waals surface area contributed by atoms with Gasteiger partial charge in [-0.25, -0.2) is 0 Å². The Hall–Kier alpha value is -0.740. The van der Waals surface area contributed by atoms with Crippen LogP contribution < -0.4 is 15.2 Å². The lowest BCUT2D eigenvalue weighted by Gasteiger charge is -2.16. The third-order valence-electron chi connectivity index (χ3n) is 1.99. The van der Waals surface area contributed by atoms with E-state index in [1.165, 1.54) is 0 Å². The van der Waals surface area contributed by atoms with Crippen molar-refractivity contribution in [1.29, 1.82) is 0 Å². The predicted octanol–water partition coefficient (Wildman–Crippen LogP) is 2.49. The normalized spacial score (nSPS) is 12.4. The average molecular weight is 260 g/mol. The molecule has 0 fully saturated rings. The summed E-state index contributed by atoms with van der Waals surface area (Å²) in [6, 6.07) is 3.75. The Labute approximate surface area is 92.3 Å². The van der Waals surface area contributed by atoms with E-state index in [2.05, 4.69) is 15.9 Å². The van der Waals surface area contributed by atoms with Crippen LogP contribution in [-0.4, -0.2) is 14.2 Å². The van der Waals surface area contributed by atoms with Gasteiger partial charge in [-0.15, -0.1) is 0 Å². The molecule has 1 atom stereocenters. The first kappa shape index (κ1) is 11.3. The Kier molecular flexibility index (Phi) is 3.77. The molecule has 3 nitrogen and oxygen atoms in total. The third kappa shape index (κ3) is 2.01. The summed E-state index contributed by atoms with van der Waals surface area (Å²) < 4.78 is 11.4. The van der Waals surface area contributed by atoms with Crippen LogP contribution in [0.15, 0.2) is 16.6 Å². The molecule has 1 unspecified atom stereocenters. The lowest BCUT2D eigenvalue weighted by molar-refractivity contribution is 0.348. The summed E-state index contributed by atoms with van der Waals surface area (Å²) in [5, 5.41) is 0. The highest BCUT2D eigenvalue weighted by atomic mass is 79.9. The van der Waals surface area contributed by atoms with Gasteiger partial charge in [-0.05, 0) is 28.9 Å². The number of methoxy groups -OCH3 is 2. The molecule has 0 aliphatic rings. The summed E-state index contributed by atoms with van der Waals surface area (Å²) in [4.78, 5) is 0. The highest BCUT2D eigenvalue weighted by Crippen LogP contribution is 2.39.